The summed E-state index contributed by atoms with van der Waals surface area (Å²) < 4.78 is 13.2. The number of thiazole rings is 1. The number of benzene rings is 1. The maximum atomic E-state index is 13.2. The van der Waals surface area contributed by atoms with Crippen LogP contribution in [-0.4, -0.2) is 24.0 Å². The van der Waals surface area contributed by atoms with Crippen LogP contribution in [0.5, 0.6) is 0 Å². The number of aryl methyl sites for hydroxylation is 1. The number of aromatic nitrogens is 1. The van der Waals surface area contributed by atoms with Crippen molar-refractivity contribution in [1.29, 1.82) is 0 Å². The minimum absolute atomic E-state index is 0.0999. The molecule has 0 aliphatic carbocycles. The Morgan fingerprint density at radius 1 is 1.50 bits per heavy atom. The van der Waals surface area contributed by atoms with Crippen LogP contribution in [0.3, 0.4) is 0 Å². The third-order valence-electron chi connectivity index (χ3n) is 3.27. The van der Waals surface area contributed by atoms with Crippen LogP contribution in [-0.2, 0) is 11.2 Å². The lowest BCUT2D eigenvalue weighted by atomic mass is 10.0. The Morgan fingerprint density at radius 3 is 3.20 bits per heavy atom. The molecule has 0 bridgehead atoms. The number of carbonyl (C=O) groups is 1. The highest BCUT2D eigenvalue weighted by Crippen LogP contribution is 2.27. The van der Waals surface area contributed by atoms with Gasteiger partial charge in [-0.2, -0.15) is 0 Å². The summed E-state index contributed by atoms with van der Waals surface area (Å²) in [5.74, 6) is -0.324. The largest absolute Gasteiger partial charge is 0.362 e. The van der Waals surface area contributed by atoms with E-state index < -0.39 is 0 Å². The lowest BCUT2D eigenvalue weighted by molar-refractivity contribution is -0.115. The van der Waals surface area contributed by atoms with Gasteiger partial charge in [0.15, 0.2) is 5.13 Å². The molecule has 4 nitrogen and oxygen atoms in total. The summed E-state index contributed by atoms with van der Waals surface area (Å²) in [5.41, 5.74) is 1.92. The van der Waals surface area contributed by atoms with Gasteiger partial charge in [0.25, 0.3) is 0 Å². The number of hydrogen-bond donors (Lipinski definition) is 1. The van der Waals surface area contributed by atoms with Crippen LogP contribution in [0.15, 0.2) is 29.8 Å². The first kappa shape index (κ1) is 13.1. The van der Waals surface area contributed by atoms with Crippen molar-refractivity contribution in [3.8, 4) is 0 Å². The Morgan fingerprint density at radius 2 is 2.40 bits per heavy atom. The van der Waals surface area contributed by atoms with Crippen LogP contribution in [0.1, 0.15) is 12.0 Å². The number of anilines is 2. The van der Waals surface area contributed by atoms with Crippen molar-refractivity contribution in [2.24, 2.45) is 0 Å². The van der Waals surface area contributed by atoms with Gasteiger partial charge in [-0.3, -0.25) is 4.79 Å². The Bertz CT molecular complexity index is 615. The molecule has 1 aliphatic rings. The second-order valence-electron chi connectivity index (χ2n) is 4.68. The highest BCUT2D eigenvalue weighted by Gasteiger charge is 2.19. The number of nitrogens with zero attached hydrogens (tertiary/aromatic N) is 2. The molecule has 20 heavy (non-hydrogen) atoms. The van der Waals surface area contributed by atoms with Gasteiger partial charge in [0.05, 0.1) is 6.54 Å². The lowest BCUT2D eigenvalue weighted by Gasteiger charge is -2.30. The fourth-order valence-corrected chi connectivity index (χ4v) is 2.97. The molecule has 1 aromatic carbocycles. The maximum absolute atomic E-state index is 13.2. The highest BCUT2D eigenvalue weighted by molar-refractivity contribution is 7.13. The normalized spacial score (nSPS) is 13.9. The summed E-state index contributed by atoms with van der Waals surface area (Å²) in [7, 11) is 0. The first-order chi connectivity index (χ1) is 9.72. The monoisotopic (exact) mass is 291 g/mol. The summed E-state index contributed by atoms with van der Waals surface area (Å²) in [6.45, 7) is 1.07. The van der Waals surface area contributed by atoms with Crippen LogP contribution in [0.25, 0.3) is 0 Å². The van der Waals surface area contributed by atoms with Crippen molar-refractivity contribution in [3.63, 3.8) is 0 Å². The minimum atomic E-state index is -0.224. The van der Waals surface area contributed by atoms with Gasteiger partial charge < -0.3 is 10.2 Å². The van der Waals surface area contributed by atoms with E-state index in [4.69, 9.17) is 0 Å². The van der Waals surface area contributed by atoms with E-state index in [1.807, 2.05) is 10.3 Å². The van der Waals surface area contributed by atoms with E-state index in [-0.39, 0.29) is 18.3 Å². The van der Waals surface area contributed by atoms with Gasteiger partial charge in [0.2, 0.25) is 5.91 Å². The topological polar surface area (TPSA) is 45.2 Å². The minimum Gasteiger partial charge on any atom is -0.362 e. The van der Waals surface area contributed by atoms with E-state index in [2.05, 4.69) is 10.3 Å². The SMILES string of the molecule is O=C(CN1CCCc2cc(F)ccc21)Nc1nccs1. The van der Waals surface area contributed by atoms with E-state index in [1.165, 1.54) is 17.4 Å². The summed E-state index contributed by atoms with van der Waals surface area (Å²) in [5, 5.41) is 5.18. The highest BCUT2D eigenvalue weighted by atomic mass is 32.1. The van der Waals surface area contributed by atoms with Crippen molar-refractivity contribution >= 4 is 28.1 Å². The van der Waals surface area contributed by atoms with E-state index in [9.17, 15) is 9.18 Å². The quantitative estimate of drug-likeness (QED) is 0.945. The van der Waals surface area contributed by atoms with E-state index in [1.54, 1.807) is 18.3 Å². The van der Waals surface area contributed by atoms with Crippen molar-refractivity contribution < 1.29 is 9.18 Å². The Kier molecular flexibility index (Phi) is 3.64. The summed E-state index contributed by atoms with van der Waals surface area (Å²) >= 11 is 1.39. The average molecular weight is 291 g/mol. The smallest absolute Gasteiger partial charge is 0.245 e. The van der Waals surface area contributed by atoms with Crippen LogP contribution in [0.4, 0.5) is 15.2 Å². The zero-order chi connectivity index (χ0) is 13.9. The summed E-state index contributed by atoms with van der Waals surface area (Å²) in [6.07, 6.45) is 3.44. The molecule has 1 amide bonds. The molecule has 104 valence electrons. The first-order valence-electron chi connectivity index (χ1n) is 6.45. The number of amides is 1. The zero-order valence-electron chi connectivity index (χ0n) is 10.8. The average Bonchev–Trinajstić information content (AvgIpc) is 2.91. The predicted octanol–water partition coefficient (Wildman–Crippen LogP) is 2.67. The van der Waals surface area contributed by atoms with Crippen LogP contribution in [0.2, 0.25) is 0 Å². The van der Waals surface area contributed by atoms with Crippen LogP contribution < -0.4 is 10.2 Å². The number of hydrogen-bond acceptors (Lipinski definition) is 4. The molecule has 0 spiro atoms. The fourth-order valence-electron chi connectivity index (χ4n) is 2.43. The molecule has 1 aromatic heterocycles. The first-order valence-corrected chi connectivity index (χ1v) is 7.33. The second-order valence-corrected chi connectivity index (χ2v) is 5.58. The molecule has 0 unspecified atom stereocenters. The molecule has 0 saturated heterocycles. The molecule has 0 fully saturated rings. The standard InChI is InChI=1S/C14H14FN3OS/c15-11-3-4-12-10(8-11)2-1-6-18(12)9-13(19)17-14-16-5-7-20-14/h3-5,7-8H,1-2,6,9H2,(H,16,17,19). The van der Waals surface area contributed by atoms with Crippen molar-refractivity contribution in [1.82, 2.24) is 4.98 Å². The molecule has 1 aliphatic heterocycles. The molecule has 3 rings (SSSR count). The Balaban J connectivity index is 1.71. The van der Waals surface area contributed by atoms with Crippen molar-refractivity contribution in [3.05, 3.63) is 41.2 Å². The van der Waals surface area contributed by atoms with Gasteiger partial charge in [-0.15, -0.1) is 11.3 Å². The molecular weight excluding hydrogens is 277 g/mol. The number of carbonyl (C=O) groups excluding carboxylic acids is 1. The third kappa shape index (κ3) is 2.80. The van der Waals surface area contributed by atoms with Gasteiger partial charge in [-0.25, -0.2) is 9.37 Å². The Hall–Kier alpha value is -1.95. The number of fused-ring (bicyclic) bond motifs is 1. The molecule has 1 N–H and O–H groups in total. The maximum Gasteiger partial charge on any atom is 0.245 e. The second kappa shape index (κ2) is 5.58. The molecule has 2 aromatic rings. The van der Waals surface area contributed by atoms with Gasteiger partial charge in [0.1, 0.15) is 5.82 Å². The molecule has 0 atom stereocenters. The van der Waals surface area contributed by atoms with Crippen molar-refractivity contribution in [2.75, 3.05) is 23.3 Å². The summed E-state index contributed by atoms with van der Waals surface area (Å²) in [4.78, 5) is 18.0. The summed E-state index contributed by atoms with van der Waals surface area (Å²) in [6, 6.07) is 4.75. The van der Waals surface area contributed by atoms with Gasteiger partial charge in [-0.05, 0) is 36.6 Å². The fraction of sp³-hybridized carbons (Fsp3) is 0.286. The third-order valence-corrected chi connectivity index (χ3v) is 3.96. The van der Waals surface area contributed by atoms with E-state index >= 15 is 0 Å². The molecule has 6 heteroatoms. The Labute approximate surface area is 120 Å². The van der Waals surface area contributed by atoms with Gasteiger partial charge >= 0.3 is 0 Å². The molecule has 2 heterocycles. The molecule has 0 radical (unpaired) electrons. The van der Waals surface area contributed by atoms with E-state index in [0.717, 1.165) is 30.6 Å². The number of halogens is 1. The van der Waals surface area contributed by atoms with Crippen LogP contribution in [0, 0.1) is 5.82 Å². The van der Waals surface area contributed by atoms with Gasteiger partial charge in [0, 0.05) is 23.8 Å². The number of nitrogens with one attached hydrogen (secondary N) is 1. The predicted molar refractivity (Wildman–Crippen MR) is 77.7 cm³/mol. The molecular formula is C14H14FN3OS. The molecule has 0 saturated carbocycles. The lowest BCUT2D eigenvalue weighted by Crippen LogP contribution is -2.36. The van der Waals surface area contributed by atoms with Gasteiger partial charge in [-0.1, -0.05) is 0 Å². The number of rotatable bonds is 3. The zero-order valence-corrected chi connectivity index (χ0v) is 11.6. The van der Waals surface area contributed by atoms with Crippen LogP contribution >= 0.6 is 11.3 Å². The van der Waals surface area contributed by atoms with E-state index in [0.29, 0.717) is 5.13 Å². The van der Waals surface area contributed by atoms with Crippen molar-refractivity contribution in [2.45, 2.75) is 12.8 Å².